The molecule has 9 heteroatoms. The minimum absolute atomic E-state index is 0.172. The van der Waals surface area contributed by atoms with Gasteiger partial charge in [-0.25, -0.2) is 4.98 Å². The normalized spacial score (nSPS) is 18.4. The van der Waals surface area contributed by atoms with Gasteiger partial charge in [-0.05, 0) is 80.9 Å². The molecule has 0 atom stereocenters. The molecule has 1 heterocycles. The number of para-hydroxylation sites is 1. The monoisotopic (exact) mass is 487 g/mol. The Morgan fingerprint density at radius 2 is 1.77 bits per heavy atom. The summed E-state index contributed by atoms with van der Waals surface area (Å²) in [5.41, 5.74) is 1.75. The summed E-state index contributed by atoms with van der Waals surface area (Å²) in [4.78, 5) is 11.5. The zero-order chi connectivity index (χ0) is 24.8. The molecular formula is C26H32F3N5O. The van der Waals surface area contributed by atoms with E-state index in [1.54, 1.807) is 6.07 Å². The van der Waals surface area contributed by atoms with Crippen LogP contribution in [-0.4, -0.2) is 49.6 Å². The summed E-state index contributed by atoms with van der Waals surface area (Å²) in [5, 5.41) is 8.04. The fourth-order valence-corrected chi connectivity index (χ4v) is 4.60. The van der Waals surface area contributed by atoms with Crippen molar-refractivity contribution in [2.24, 2.45) is 5.92 Å². The predicted molar refractivity (Wildman–Crippen MR) is 133 cm³/mol. The quantitative estimate of drug-likeness (QED) is 0.394. The minimum Gasteiger partial charge on any atom is -0.406 e. The number of hydrogen-bond acceptors (Lipinski definition) is 6. The Morgan fingerprint density at radius 1 is 1.00 bits per heavy atom. The van der Waals surface area contributed by atoms with Crippen LogP contribution in [0.4, 0.5) is 24.9 Å². The van der Waals surface area contributed by atoms with Crippen molar-refractivity contribution in [2.45, 2.75) is 44.5 Å². The van der Waals surface area contributed by atoms with E-state index >= 15 is 0 Å². The van der Waals surface area contributed by atoms with Crippen molar-refractivity contribution in [1.82, 2.24) is 15.3 Å². The van der Waals surface area contributed by atoms with Crippen LogP contribution in [0.3, 0.4) is 0 Å². The Morgan fingerprint density at radius 3 is 2.51 bits per heavy atom. The lowest BCUT2D eigenvalue weighted by Crippen LogP contribution is -2.32. The number of alkyl halides is 3. The van der Waals surface area contributed by atoms with Crippen LogP contribution in [0.15, 0.2) is 48.5 Å². The lowest BCUT2D eigenvalue weighted by Gasteiger charge is -2.29. The van der Waals surface area contributed by atoms with Crippen LogP contribution < -0.4 is 20.3 Å². The number of anilines is 2. The molecule has 0 spiro atoms. The molecule has 0 saturated heterocycles. The van der Waals surface area contributed by atoms with Crippen molar-refractivity contribution >= 4 is 22.7 Å². The Labute approximate surface area is 203 Å². The molecule has 0 radical (unpaired) electrons. The molecule has 1 aromatic heterocycles. The first-order valence-corrected chi connectivity index (χ1v) is 12.0. The summed E-state index contributed by atoms with van der Waals surface area (Å²) in [5.74, 6) is 1.99. The van der Waals surface area contributed by atoms with Gasteiger partial charge in [0.05, 0.1) is 5.52 Å². The van der Waals surface area contributed by atoms with Gasteiger partial charge in [-0.2, -0.15) is 4.98 Å². The lowest BCUT2D eigenvalue weighted by atomic mass is 9.86. The molecule has 6 nitrogen and oxygen atoms in total. The number of hydrogen-bond donors (Lipinski definition) is 2. The molecule has 1 aliphatic carbocycles. The van der Waals surface area contributed by atoms with E-state index in [1.807, 2.05) is 49.3 Å². The maximum Gasteiger partial charge on any atom is 0.573 e. The topological polar surface area (TPSA) is 62.3 Å². The highest BCUT2D eigenvalue weighted by Gasteiger charge is 2.31. The van der Waals surface area contributed by atoms with Crippen molar-refractivity contribution in [2.75, 3.05) is 37.4 Å². The van der Waals surface area contributed by atoms with E-state index in [9.17, 15) is 13.2 Å². The molecule has 1 aliphatic rings. The molecule has 2 aromatic carbocycles. The fourth-order valence-electron chi connectivity index (χ4n) is 4.60. The second-order valence-electron chi connectivity index (χ2n) is 9.29. The third-order valence-corrected chi connectivity index (χ3v) is 6.34. The Kier molecular flexibility index (Phi) is 7.95. The van der Waals surface area contributed by atoms with E-state index in [0.717, 1.165) is 54.5 Å². The molecule has 3 aromatic rings. The maximum atomic E-state index is 12.4. The second kappa shape index (κ2) is 11.1. The third kappa shape index (κ3) is 7.21. The van der Waals surface area contributed by atoms with Gasteiger partial charge >= 0.3 is 6.36 Å². The predicted octanol–water partition coefficient (Wildman–Crippen LogP) is 5.40. The van der Waals surface area contributed by atoms with E-state index in [4.69, 9.17) is 9.97 Å². The average molecular weight is 488 g/mol. The molecule has 1 saturated carbocycles. The molecule has 0 bridgehead atoms. The second-order valence-corrected chi connectivity index (χ2v) is 9.29. The van der Waals surface area contributed by atoms with Gasteiger partial charge in [0.2, 0.25) is 5.95 Å². The minimum atomic E-state index is -4.67. The molecule has 0 aliphatic heterocycles. The van der Waals surface area contributed by atoms with Crippen molar-refractivity contribution in [3.05, 3.63) is 54.1 Å². The molecule has 2 N–H and O–H groups in total. The van der Waals surface area contributed by atoms with Crippen LogP contribution in [0.2, 0.25) is 0 Å². The first-order chi connectivity index (χ1) is 16.8. The maximum absolute atomic E-state index is 12.4. The van der Waals surface area contributed by atoms with Crippen LogP contribution >= 0.6 is 0 Å². The van der Waals surface area contributed by atoms with Gasteiger partial charge in [0.1, 0.15) is 11.6 Å². The molecule has 188 valence electrons. The number of nitrogens with zero attached hydrogens (tertiary/aromatic N) is 3. The molecule has 0 unspecified atom stereocenters. The highest BCUT2D eigenvalue weighted by molar-refractivity contribution is 5.90. The SMILES string of the molecule is CN(C)c1nc(N[C@H]2CC[C@@H](CNCCc3cccc(OC(F)(F)F)c3)CC2)nc2ccccc12. The molecule has 0 amide bonds. The molecule has 4 rings (SSSR count). The summed E-state index contributed by atoms with van der Waals surface area (Å²) in [6, 6.07) is 14.6. The molecule has 35 heavy (non-hydrogen) atoms. The summed E-state index contributed by atoms with van der Waals surface area (Å²) in [6.07, 6.45) is 0.299. The summed E-state index contributed by atoms with van der Waals surface area (Å²) >= 11 is 0. The summed E-state index contributed by atoms with van der Waals surface area (Å²) in [7, 11) is 3.98. The van der Waals surface area contributed by atoms with Crippen LogP contribution in [0.25, 0.3) is 10.9 Å². The number of rotatable bonds is 9. The Balaban J connectivity index is 1.21. The largest absolute Gasteiger partial charge is 0.573 e. The Hall–Kier alpha value is -3.07. The van der Waals surface area contributed by atoms with Gasteiger partial charge in [-0.15, -0.1) is 13.2 Å². The number of aromatic nitrogens is 2. The lowest BCUT2D eigenvalue weighted by molar-refractivity contribution is -0.274. The number of fused-ring (bicyclic) bond motifs is 1. The van der Waals surface area contributed by atoms with Crippen molar-refractivity contribution < 1.29 is 17.9 Å². The average Bonchev–Trinajstić information content (AvgIpc) is 2.81. The van der Waals surface area contributed by atoms with Gasteiger partial charge in [0.25, 0.3) is 0 Å². The van der Waals surface area contributed by atoms with E-state index in [0.29, 0.717) is 30.9 Å². The number of nitrogens with one attached hydrogen (secondary N) is 2. The number of benzene rings is 2. The van der Waals surface area contributed by atoms with Gasteiger partial charge in [0, 0.05) is 25.5 Å². The van der Waals surface area contributed by atoms with Crippen molar-refractivity contribution in [3.8, 4) is 5.75 Å². The van der Waals surface area contributed by atoms with E-state index in [-0.39, 0.29) is 5.75 Å². The highest BCUT2D eigenvalue weighted by Crippen LogP contribution is 2.28. The standard InChI is InChI=1S/C26H32F3N5O/c1-34(2)24-22-8-3-4-9-23(22)32-25(33-24)31-20-12-10-19(11-13-20)17-30-15-14-18-6-5-7-21(16-18)35-26(27,28)29/h3-9,16,19-20,30H,10-15,17H2,1-2H3,(H,31,32,33)/t19-,20+. The smallest absolute Gasteiger partial charge is 0.406 e. The first-order valence-electron chi connectivity index (χ1n) is 12.0. The zero-order valence-electron chi connectivity index (χ0n) is 20.1. The van der Waals surface area contributed by atoms with Gasteiger partial charge in [-0.3, -0.25) is 0 Å². The summed E-state index contributed by atoms with van der Waals surface area (Å²) in [6.45, 7) is 1.62. The van der Waals surface area contributed by atoms with Gasteiger partial charge < -0.3 is 20.3 Å². The zero-order valence-corrected chi connectivity index (χ0v) is 20.1. The Bertz CT molecular complexity index is 1110. The first kappa shape index (κ1) is 25.0. The van der Waals surface area contributed by atoms with Crippen molar-refractivity contribution in [1.29, 1.82) is 0 Å². The van der Waals surface area contributed by atoms with Crippen molar-refractivity contribution in [3.63, 3.8) is 0 Å². The van der Waals surface area contributed by atoms with Gasteiger partial charge in [-0.1, -0.05) is 24.3 Å². The molecule has 1 fully saturated rings. The van der Waals surface area contributed by atoms with Crippen LogP contribution in [-0.2, 0) is 6.42 Å². The van der Waals surface area contributed by atoms with E-state index in [2.05, 4.69) is 15.4 Å². The highest BCUT2D eigenvalue weighted by atomic mass is 19.4. The summed E-state index contributed by atoms with van der Waals surface area (Å²) < 4.78 is 41.2. The van der Waals surface area contributed by atoms with Crippen LogP contribution in [0, 0.1) is 5.92 Å². The van der Waals surface area contributed by atoms with Crippen LogP contribution in [0.5, 0.6) is 5.75 Å². The van der Waals surface area contributed by atoms with E-state index < -0.39 is 6.36 Å². The van der Waals surface area contributed by atoms with Gasteiger partial charge in [0.15, 0.2) is 0 Å². The number of ether oxygens (including phenoxy) is 1. The third-order valence-electron chi connectivity index (χ3n) is 6.34. The fraction of sp³-hybridized carbons (Fsp3) is 0.462. The number of halogens is 3. The van der Waals surface area contributed by atoms with Crippen LogP contribution in [0.1, 0.15) is 31.2 Å². The molecular weight excluding hydrogens is 455 g/mol. The van der Waals surface area contributed by atoms with E-state index in [1.165, 1.54) is 12.1 Å².